The number of carbonyl (C=O) groups is 1. The van der Waals surface area contributed by atoms with Gasteiger partial charge in [-0.2, -0.15) is 0 Å². The van der Waals surface area contributed by atoms with Gasteiger partial charge in [0.1, 0.15) is 0 Å². The SMILES string of the molecule is CC(C)CC(CN)NC(=O)Cc1csc(Cc2ccccc2)n1.Cl.Cl. The Hall–Kier alpha value is -1.14. The zero-order chi connectivity index (χ0) is 16.7. The van der Waals surface area contributed by atoms with E-state index in [1.54, 1.807) is 11.3 Å². The van der Waals surface area contributed by atoms with Crippen molar-refractivity contribution >= 4 is 42.1 Å². The fourth-order valence-electron chi connectivity index (χ4n) is 2.51. The van der Waals surface area contributed by atoms with Crippen LogP contribution in [-0.2, 0) is 17.6 Å². The Kier molecular flexibility index (Phi) is 11.7. The second-order valence-electron chi connectivity index (χ2n) is 6.20. The van der Waals surface area contributed by atoms with Crippen LogP contribution in [0.4, 0.5) is 0 Å². The van der Waals surface area contributed by atoms with E-state index in [0.29, 0.717) is 18.9 Å². The molecule has 0 bridgehead atoms. The molecule has 0 radical (unpaired) electrons. The van der Waals surface area contributed by atoms with Crippen molar-refractivity contribution in [3.63, 3.8) is 0 Å². The predicted molar refractivity (Wildman–Crippen MR) is 110 cm³/mol. The van der Waals surface area contributed by atoms with Crippen LogP contribution in [0.1, 0.15) is 36.5 Å². The summed E-state index contributed by atoms with van der Waals surface area (Å²) >= 11 is 1.61. The maximum Gasteiger partial charge on any atom is 0.226 e. The summed E-state index contributed by atoms with van der Waals surface area (Å²) in [6.45, 7) is 4.73. The van der Waals surface area contributed by atoms with E-state index in [2.05, 4.69) is 36.3 Å². The Morgan fingerprint density at radius 2 is 1.92 bits per heavy atom. The molecule has 140 valence electrons. The van der Waals surface area contributed by atoms with Crippen LogP contribution in [0.5, 0.6) is 0 Å². The molecule has 0 aliphatic heterocycles. The van der Waals surface area contributed by atoms with Crippen LogP contribution < -0.4 is 11.1 Å². The third-order valence-corrected chi connectivity index (χ3v) is 4.44. The molecule has 4 nitrogen and oxygen atoms in total. The number of nitrogens with two attached hydrogens (primary N) is 1. The van der Waals surface area contributed by atoms with Gasteiger partial charge in [0.25, 0.3) is 0 Å². The average Bonchev–Trinajstić information content (AvgIpc) is 2.94. The molecule has 0 spiro atoms. The topological polar surface area (TPSA) is 68.0 Å². The van der Waals surface area contributed by atoms with Gasteiger partial charge < -0.3 is 11.1 Å². The van der Waals surface area contributed by atoms with E-state index in [1.165, 1.54) is 5.56 Å². The molecule has 25 heavy (non-hydrogen) atoms. The van der Waals surface area contributed by atoms with Gasteiger partial charge in [0, 0.05) is 24.4 Å². The Balaban J connectivity index is 0.00000288. The third-order valence-electron chi connectivity index (χ3n) is 3.54. The first-order chi connectivity index (χ1) is 11.1. The average molecular weight is 404 g/mol. The molecule has 0 saturated heterocycles. The van der Waals surface area contributed by atoms with Gasteiger partial charge in [0.05, 0.1) is 17.1 Å². The predicted octanol–water partition coefficient (Wildman–Crippen LogP) is 3.61. The van der Waals surface area contributed by atoms with Crippen LogP contribution in [0, 0.1) is 5.92 Å². The van der Waals surface area contributed by atoms with Crippen molar-refractivity contribution in [1.82, 2.24) is 10.3 Å². The monoisotopic (exact) mass is 403 g/mol. The number of hydrogen-bond donors (Lipinski definition) is 2. The van der Waals surface area contributed by atoms with Gasteiger partial charge >= 0.3 is 0 Å². The van der Waals surface area contributed by atoms with Crippen molar-refractivity contribution in [3.8, 4) is 0 Å². The molecular formula is C18H27Cl2N3OS. The zero-order valence-corrected chi connectivity index (χ0v) is 17.1. The first-order valence-electron chi connectivity index (χ1n) is 8.03. The van der Waals surface area contributed by atoms with Gasteiger partial charge in [-0.3, -0.25) is 4.79 Å². The number of carbonyl (C=O) groups excluding carboxylic acids is 1. The highest BCUT2D eigenvalue weighted by molar-refractivity contribution is 7.09. The lowest BCUT2D eigenvalue weighted by molar-refractivity contribution is -0.121. The summed E-state index contributed by atoms with van der Waals surface area (Å²) in [6, 6.07) is 10.3. The van der Waals surface area contributed by atoms with Crippen LogP contribution in [0.25, 0.3) is 0 Å². The molecule has 0 saturated carbocycles. The van der Waals surface area contributed by atoms with Crippen LogP contribution in [-0.4, -0.2) is 23.5 Å². The number of thiazole rings is 1. The summed E-state index contributed by atoms with van der Waals surface area (Å²) in [5, 5.41) is 6.01. The van der Waals surface area contributed by atoms with Crippen LogP contribution in [0.3, 0.4) is 0 Å². The van der Waals surface area contributed by atoms with Gasteiger partial charge in [-0.1, -0.05) is 44.2 Å². The molecule has 1 amide bonds. The Labute approximate surface area is 166 Å². The summed E-state index contributed by atoms with van der Waals surface area (Å²) in [7, 11) is 0. The highest BCUT2D eigenvalue weighted by atomic mass is 35.5. The van der Waals surface area contributed by atoms with E-state index < -0.39 is 0 Å². The van der Waals surface area contributed by atoms with Crippen molar-refractivity contribution in [2.45, 2.75) is 39.2 Å². The lowest BCUT2D eigenvalue weighted by Gasteiger charge is -2.18. The summed E-state index contributed by atoms with van der Waals surface area (Å²) in [6.07, 6.45) is 2.03. The lowest BCUT2D eigenvalue weighted by atomic mass is 10.0. The second kappa shape index (κ2) is 12.3. The summed E-state index contributed by atoms with van der Waals surface area (Å²) in [5.41, 5.74) is 7.79. The molecule has 7 heteroatoms. The van der Waals surface area contributed by atoms with Gasteiger partial charge in [-0.25, -0.2) is 4.98 Å². The number of benzene rings is 1. The molecule has 1 aromatic carbocycles. The molecule has 1 atom stereocenters. The second-order valence-corrected chi connectivity index (χ2v) is 7.14. The molecule has 3 N–H and O–H groups in total. The standard InChI is InChI=1S/C18H25N3OS.2ClH/c1-13(2)8-15(11-19)20-17(22)10-16-12-23-18(21-16)9-14-6-4-3-5-7-14;;/h3-7,12-13,15H,8-11,19H2,1-2H3,(H,20,22);2*1H. The highest BCUT2D eigenvalue weighted by Gasteiger charge is 2.14. The van der Waals surface area contributed by atoms with Crippen molar-refractivity contribution < 1.29 is 4.79 Å². The number of rotatable bonds is 8. The summed E-state index contributed by atoms with van der Waals surface area (Å²) in [5.74, 6) is 0.512. The normalized spacial score (nSPS) is 11.4. The third kappa shape index (κ3) is 8.68. The first-order valence-corrected chi connectivity index (χ1v) is 8.91. The van der Waals surface area contributed by atoms with Gasteiger partial charge in [-0.05, 0) is 17.9 Å². The fourth-order valence-corrected chi connectivity index (χ4v) is 3.34. The van der Waals surface area contributed by atoms with Crippen molar-refractivity contribution in [2.24, 2.45) is 11.7 Å². The van der Waals surface area contributed by atoms with E-state index in [-0.39, 0.29) is 36.8 Å². The minimum atomic E-state index is -0.00217. The van der Waals surface area contributed by atoms with Crippen molar-refractivity contribution in [3.05, 3.63) is 52.0 Å². The Morgan fingerprint density at radius 3 is 2.52 bits per heavy atom. The van der Waals surface area contributed by atoms with E-state index >= 15 is 0 Å². The molecule has 1 unspecified atom stereocenters. The molecule has 1 heterocycles. The number of amides is 1. The largest absolute Gasteiger partial charge is 0.352 e. The molecule has 2 rings (SSSR count). The maximum atomic E-state index is 12.1. The summed E-state index contributed by atoms with van der Waals surface area (Å²) in [4.78, 5) is 16.7. The van der Waals surface area contributed by atoms with Gasteiger partial charge in [0.2, 0.25) is 5.91 Å². The lowest BCUT2D eigenvalue weighted by Crippen LogP contribution is -2.41. The van der Waals surface area contributed by atoms with Crippen LogP contribution in [0.2, 0.25) is 0 Å². The number of aromatic nitrogens is 1. The maximum absolute atomic E-state index is 12.1. The molecule has 2 aromatic rings. The first kappa shape index (κ1) is 23.9. The summed E-state index contributed by atoms with van der Waals surface area (Å²) < 4.78 is 0. The number of nitrogens with one attached hydrogen (secondary N) is 1. The zero-order valence-electron chi connectivity index (χ0n) is 14.6. The minimum Gasteiger partial charge on any atom is -0.352 e. The molecule has 0 aliphatic rings. The Bertz CT molecular complexity index is 620. The number of hydrogen-bond acceptors (Lipinski definition) is 4. The van der Waals surface area contributed by atoms with E-state index in [4.69, 9.17) is 5.73 Å². The highest BCUT2D eigenvalue weighted by Crippen LogP contribution is 2.15. The molecule has 1 aromatic heterocycles. The van der Waals surface area contributed by atoms with E-state index in [9.17, 15) is 4.79 Å². The smallest absolute Gasteiger partial charge is 0.226 e. The van der Waals surface area contributed by atoms with E-state index in [1.807, 2.05) is 23.6 Å². The number of nitrogens with zero attached hydrogens (tertiary/aromatic N) is 1. The fraction of sp³-hybridized carbons (Fsp3) is 0.444. The van der Waals surface area contributed by atoms with Gasteiger partial charge in [-0.15, -0.1) is 36.2 Å². The van der Waals surface area contributed by atoms with Crippen molar-refractivity contribution in [2.75, 3.05) is 6.54 Å². The Morgan fingerprint density at radius 1 is 1.24 bits per heavy atom. The minimum absolute atomic E-state index is 0. The quantitative estimate of drug-likeness (QED) is 0.706. The molecular weight excluding hydrogens is 377 g/mol. The molecule has 0 aliphatic carbocycles. The van der Waals surface area contributed by atoms with Crippen molar-refractivity contribution in [1.29, 1.82) is 0 Å². The van der Waals surface area contributed by atoms with Crippen LogP contribution >= 0.6 is 36.2 Å². The number of halogens is 2. The van der Waals surface area contributed by atoms with Crippen LogP contribution in [0.15, 0.2) is 35.7 Å². The van der Waals surface area contributed by atoms with Gasteiger partial charge in [0.15, 0.2) is 0 Å². The molecule has 0 fully saturated rings. The van der Waals surface area contributed by atoms with E-state index in [0.717, 1.165) is 23.5 Å².